The SMILES string of the molecule is O=S(=O)(CCC1CC1)NCC(O)c1ccccc1F. The van der Waals surface area contributed by atoms with Gasteiger partial charge in [-0.15, -0.1) is 0 Å². The third-order valence-electron chi connectivity index (χ3n) is 3.25. The first-order chi connectivity index (χ1) is 8.98. The summed E-state index contributed by atoms with van der Waals surface area (Å²) in [6, 6.07) is 5.80. The standard InChI is InChI=1S/C13H18FNO3S/c14-12-4-2-1-3-11(12)13(16)9-15-19(17,18)8-7-10-5-6-10/h1-4,10,13,15-16H,5-9H2. The highest BCUT2D eigenvalue weighted by atomic mass is 32.2. The molecule has 1 aromatic carbocycles. The fraction of sp³-hybridized carbons (Fsp3) is 0.538. The van der Waals surface area contributed by atoms with Gasteiger partial charge in [-0.05, 0) is 18.4 Å². The van der Waals surface area contributed by atoms with Crippen LogP contribution in [-0.2, 0) is 10.0 Å². The van der Waals surface area contributed by atoms with Gasteiger partial charge in [0.15, 0.2) is 0 Å². The van der Waals surface area contributed by atoms with E-state index in [1.165, 1.54) is 18.2 Å². The van der Waals surface area contributed by atoms with Crippen LogP contribution in [0.2, 0.25) is 0 Å². The summed E-state index contributed by atoms with van der Waals surface area (Å²) in [5, 5.41) is 9.79. The molecular formula is C13H18FNO3S. The van der Waals surface area contributed by atoms with Crippen LogP contribution in [0.4, 0.5) is 4.39 Å². The van der Waals surface area contributed by atoms with E-state index in [0.29, 0.717) is 12.3 Å². The molecule has 0 spiro atoms. The molecule has 6 heteroatoms. The predicted molar refractivity (Wildman–Crippen MR) is 70.5 cm³/mol. The van der Waals surface area contributed by atoms with Crippen molar-refractivity contribution in [1.82, 2.24) is 4.72 Å². The molecule has 1 aromatic rings. The Kier molecular flexibility index (Phi) is 4.54. The van der Waals surface area contributed by atoms with Gasteiger partial charge in [0, 0.05) is 12.1 Å². The van der Waals surface area contributed by atoms with Gasteiger partial charge in [0.05, 0.1) is 11.9 Å². The van der Waals surface area contributed by atoms with Crippen LogP contribution in [0.3, 0.4) is 0 Å². The molecule has 0 bridgehead atoms. The number of rotatable bonds is 7. The highest BCUT2D eigenvalue weighted by molar-refractivity contribution is 7.89. The molecule has 0 heterocycles. The van der Waals surface area contributed by atoms with E-state index in [-0.39, 0.29) is 17.9 Å². The van der Waals surface area contributed by atoms with Crippen LogP contribution < -0.4 is 4.72 Å². The topological polar surface area (TPSA) is 66.4 Å². The summed E-state index contributed by atoms with van der Waals surface area (Å²) in [6.45, 7) is -0.200. The van der Waals surface area contributed by atoms with Gasteiger partial charge in [0.1, 0.15) is 5.82 Å². The first-order valence-corrected chi connectivity index (χ1v) is 8.03. The second kappa shape index (κ2) is 5.98. The van der Waals surface area contributed by atoms with Gasteiger partial charge in [-0.25, -0.2) is 17.5 Å². The fourth-order valence-corrected chi connectivity index (χ4v) is 3.06. The van der Waals surface area contributed by atoms with E-state index < -0.39 is 21.9 Å². The van der Waals surface area contributed by atoms with Crippen LogP contribution >= 0.6 is 0 Å². The van der Waals surface area contributed by atoms with Crippen molar-refractivity contribution in [2.24, 2.45) is 5.92 Å². The molecule has 2 rings (SSSR count). The van der Waals surface area contributed by atoms with Crippen LogP contribution in [-0.4, -0.2) is 25.8 Å². The summed E-state index contributed by atoms with van der Waals surface area (Å²) < 4.78 is 39.0. The summed E-state index contributed by atoms with van der Waals surface area (Å²) in [4.78, 5) is 0. The Labute approximate surface area is 112 Å². The van der Waals surface area contributed by atoms with Crippen molar-refractivity contribution in [1.29, 1.82) is 0 Å². The summed E-state index contributed by atoms with van der Waals surface area (Å²) in [5.74, 6) is 0.0713. The minimum absolute atomic E-state index is 0.0711. The van der Waals surface area contributed by atoms with Crippen LogP contribution in [0.5, 0.6) is 0 Å². The van der Waals surface area contributed by atoms with Gasteiger partial charge in [0.2, 0.25) is 10.0 Å². The first kappa shape index (κ1) is 14.4. The molecule has 106 valence electrons. The predicted octanol–water partition coefficient (Wildman–Crippen LogP) is 1.58. The Morgan fingerprint density at radius 1 is 1.37 bits per heavy atom. The summed E-state index contributed by atoms with van der Waals surface area (Å²) in [6.07, 6.45) is 1.70. The van der Waals surface area contributed by atoms with Gasteiger partial charge in [-0.3, -0.25) is 0 Å². The Bertz CT molecular complexity index is 528. The lowest BCUT2D eigenvalue weighted by molar-refractivity contribution is 0.177. The minimum atomic E-state index is -3.39. The van der Waals surface area contributed by atoms with Crippen LogP contribution in [0.1, 0.15) is 30.9 Å². The van der Waals surface area contributed by atoms with E-state index in [1.54, 1.807) is 6.07 Å². The summed E-state index contributed by atoms with van der Waals surface area (Å²) in [7, 11) is -3.39. The maximum absolute atomic E-state index is 13.4. The largest absolute Gasteiger partial charge is 0.387 e. The Balaban J connectivity index is 1.85. The molecule has 1 atom stereocenters. The highest BCUT2D eigenvalue weighted by Gasteiger charge is 2.24. The zero-order chi connectivity index (χ0) is 13.9. The fourth-order valence-electron chi connectivity index (χ4n) is 1.86. The number of aliphatic hydroxyl groups excluding tert-OH is 1. The summed E-state index contributed by atoms with van der Waals surface area (Å²) in [5.41, 5.74) is 0.104. The molecule has 0 aliphatic heterocycles. The molecule has 4 nitrogen and oxygen atoms in total. The van der Waals surface area contributed by atoms with Crippen LogP contribution in [0.15, 0.2) is 24.3 Å². The normalized spacial score (nSPS) is 17.4. The molecule has 1 aliphatic rings. The lowest BCUT2D eigenvalue weighted by Gasteiger charge is -2.13. The van der Waals surface area contributed by atoms with Crippen molar-refractivity contribution in [2.75, 3.05) is 12.3 Å². The highest BCUT2D eigenvalue weighted by Crippen LogP contribution is 2.32. The molecule has 0 amide bonds. The number of hydrogen-bond acceptors (Lipinski definition) is 3. The van der Waals surface area contributed by atoms with E-state index in [1.807, 2.05) is 0 Å². The van der Waals surface area contributed by atoms with Crippen molar-refractivity contribution in [2.45, 2.75) is 25.4 Å². The van der Waals surface area contributed by atoms with Crippen LogP contribution in [0.25, 0.3) is 0 Å². The molecule has 0 aromatic heterocycles. The number of nitrogens with one attached hydrogen (secondary N) is 1. The molecule has 0 saturated heterocycles. The van der Waals surface area contributed by atoms with E-state index in [0.717, 1.165) is 12.8 Å². The van der Waals surface area contributed by atoms with Gasteiger partial charge in [0.25, 0.3) is 0 Å². The maximum atomic E-state index is 13.4. The van der Waals surface area contributed by atoms with Crippen molar-refractivity contribution >= 4 is 10.0 Å². The Hall–Kier alpha value is -0.980. The average molecular weight is 287 g/mol. The number of sulfonamides is 1. The van der Waals surface area contributed by atoms with E-state index >= 15 is 0 Å². The molecule has 1 saturated carbocycles. The second-order valence-corrected chi connectivity index (χ2v) is 6.86. The van der Waals surface area contributed by atoms with Crippen LogP contribution in [0, 0.1) is 11.7 Å². The monoisotopic (exact) mass is 287 g/mol. The third kappa shape index (κ3) is 4.56. The molecule has 2 N–H and O–H groups in total. The molecule has 1 aliphatic carbocycles. The molecule has 1 unspecified atom stereocenters. The van der Waals surface area contributed by atoms with Crippen molar-refractivity contribution in [3.8, 4) is 0 Å². The zero-order valence-corrected chi connectivity index (χ0v) is 11.4. The molecular weight excluding hydrogens is 269 g/mol. The molecule has 19 heavy (non-hydrogen) atoms. The van der Waals surface area contributed by atoms with Gasteiger partial charge >= 0.3 is 0 Å². The maximum Gasteiger partial charge on any atom is 0.211 e. The van der Waals surface area contributed by atoms with Gasteiger partial charge in [-0.2, -0.15) is 0 Å². The van der Waals surface area contributed by atoms with Crippen molar-refractivity contribution < 1.29 is 17.9 Å². The first-order valence-electron chi connectivity index (χ1n) is 6.38. The minimum Gasteiger partial charge on any atom is -0.387 e. The van der Waals surface area contributed by atoms with Gasteiger partial charge in [-0.1, -0.05) is 31.0 Å². The lowest BCUT2D eigenvalue weighted by Crippen LogP contribution is -2.31. The van der Waals surface area contributed by atoms with E-state index in [2.05, 4.69) is 4.72 Å². The number of hydrogen-bond donors (Lipinski definition) is 2. The average Bonchev–Trinajstić information content (AvgIpc) is 3.18. The number of benzene rings is 1. The summed E-state index contributed by atoms with van der Waals surface area (Å²) >= 11 is 0. The molecule has 1 fully saturated rings. The second-order valence-electron chi connectivity index (χ2n) is 4.94. The Morgan fingerprint density at radius 3 is 2.68 bits per heavy atom. The van der Waals surface area contributed by atoms with Crippen molar-refractivity contribution in [3.05, 3.63) is 35.6 Å². The van der Waals surface area contributed by atoms with Gasteiger partial charge < -0.3 is 5.11 Å². The zero-order valence-electron chi connectivity index (χ0n) is 10.5. The quantitative estimate of drug-likeness (QED) is 0.800. The number of halogens is 1. The van der Waals surface area contributed by atoms with E-state index in [4.69, 9.17) is 0 Å². The lowest BCUT2D eigenvalue weighted by atomic mass is 10.1. The smallest absolute Gasteiger partial charge is 0.211 e. The van der Waals surface area contributed by atoms with Crippen molar-refractivity contribution in [3.63, 3.8) is 0 Å². The molecule has 0 radical (unpaired) electrons. The number of aliphatic hydroxyl groups is 1. The third-order valence-corrected chi connectivity index (χ3v) is 4.63. The Morgan fingerprint density at radius 2 is 2.05 bits per heavy atom. The van der Waals surface area contributed by atoms with E-state index in [9.17, 15) is 17.9 Å².